The lowest BCUT2D eigenvalue weighted by atomic mass is 10.1. The maximum atomic E-state index is 12.3. The average Bonchev–Trinajstić information content (AvgIpc) is 3.42. The van der Waals surface area contributed by atoms with Crippen LogP contribution in [0.3, 0.4) is 0 Å². The molecule has 0 aliphatic carbocycles. The van der Waals surface area contributed by atoms with Gasteiger partial charge in [0.1, 0.15) is 23.2 Å². The number of carbonyl (C=O) groups is 1. The molecule has 1 N–H and O–H groups in total. The van der Waals surface area contributed by atoms with Crippen molar-refractivity contribution in [2.45, 2.75) is 12.1 Å². The number of carbonyl (C=O) groups excluding carboxylic acids is 1. The van der Waals surface area contributed by atoms with Gasteiger partial charge in [0.2, 0.25) is 15.0 Å². The van der Waals surface area contributed by atoms with Crippen LogP contribution in [0, 0.1) is 21.4 Å². The van der Waals surface area contributed by atoms with Gasteiger partial charge in [0.05, 0.1) is 10.7 Å². The normalized spacial score (nSPS) is 11.7. The summed E-state index contributed by atoms with van der Waals surface area (Å²) in [5.74, 6) is -0.537. The minimum absolute atomic E-state index is 0.0742. The first-order valence-electron chi connectivity index (χ1n) is 8.57. The van der Waals surface area contributed by atoms with E-state index in [0.717, 1.165) is 0 Å². The Bertz CT molecular complexity index is 1330. The number of nitrogens with one attached hydrogen (secondary N) is 1. The molecule has 3 rings (SSSR count). The Labute approximate surface area is 179 Å². The van der Waals surface area contributed by atoms with E-state index < -0.39 is 25.8 Å². The zero-order chi connectivity index (χ0) is 22.6. The summed E-state index contributed by atoms with van der Waals surface area (Å²) in [7, 11) is -3.62. The molecule has 0 spiro atoms. The van der Waals surface area contributed by atoms with Gasteiger partial charge in [0, 0.05) is 35.3 Å². The van der Waals surface area contributed by atoms with Gasteiger partial charge in [-0.3, -0.25) is 20.2 Å². The van der Waals surface area contributed by atoms with Crippen LogP contribution in [0.4, 0.5) is 10.8 Å². The Balaban J connectivity index is 1.80. The third-order valence-corrected chi connectivity index (χ3v) is 6.15. The summed E-state index contributed by atoms with van der Waals surface area (Å²) in [5, 5.41) is 22.1. The lowest BCUT2D eigenvalue weighted by Gasteiger charge is -1.99. The van der Waals surface area contributed by atoms with Crippen LogP contribution in [0.5, 0.6) is 0 Å². The summed E-state index contributed by atoms with van der Waals surface area (Å²) in [6.45, 7) is 1.44. The molecule has 0 atom stereocenters. The van der Waals surface area contributed by atoms with E-state index in [0.29, 0.717) is 22.9 Å². The van der Waals surface area contributed by atoms with Gasteiger partial charge in [-0.25, -0.2) is 8.42 Å². The molecular formula is C18H13N5O6S2. The molecule has 13 heteroatoms. The fourth-order valence-corrected chi connectivity index (χ4v) is 3.91. The topological polar surface area (TPSA) is 169 Å². The highest BCUT2D eigenvalue weighted by molar-refractivity contribution is 7.91. The highest BCUT2D eigenvalue weighted by atomic mass is 32.2. The number of amides is 1. The monoisotopic (exact) mass is 459 g/mol. The molecule has 0 unspecified atom stereocenters. The van der Waals surface area contributed by atoms with Crippen molar-refractivity contribution in [2.24, 2.45) is 0 Å². The van der Waals surface area contributed by atoms with E-state index in [4.69, 9.17) is 4.42 Å². The number of nitro groups is 1. The van der Waals surface area contributed by atoms with E-state index in [9.17, 15) is 28.6 Å². The number of nitriles is 1. The van der Waals surface area contributed by atoms with Crippen molar-refractivity contribution in [2.75, 3.05) is 11.1 Å². The summed E-state index contributed by atoms with van der Waals surface area (Å²) in [6, 6.07) is 10.6. The largest absolute Gasteiger partial charge is 0.457 e. The van der Waals surface area contributed by atoms with Crippen LogP contribution in [0.15, 0.2) is 51.5 Å². The predicted molar refractivity (Wildman–Crippen MR) is 111 cm³/mol. The van der Waals surface area contributed by atoms with Crippen molar-refractivity contribution in [3.05, 3.63) is 57.8 Å². The quantitative estimate of drug-likeness (QED) is 0.241. The number of nitrogens with zero attached hydrogens (tertiary/aromatic N) is 4. The number of nitro benzene ring substituents is 1. The number of sulfone groups is 1. The van der Waals surface area contributed by atoms with Crippen LogP contribution in [-0.4, -0.2) is 34.4 Å². The molecule has 2 heterocycles. The van der Waals surface area contributed by atoms with Crippen LogP contribution in [-0.2, 0) is 14.6 Å². The van der Waals surface area contributed by atoms with Crippen LogP contribution in [0.25, 0.3) is 17.4 Å². The van der Waals surface area contributed by atoms with Crippen molar-refractivity contribution in [1.29, 1.82) is 5.26 Å². The van der Waals surface area contributed by atoms with Gasteiger partial charge in [-0.2, -0.15) is 14.6 Å². The highest BCUT2D eigenvalue weighted by Crippen LogP contribution is 2.26. The summed E-state index contributed by atoms with van der Waals surface area (Å²) in [5.41, 5.74) is 0.0231. The summed E-state index contributed by atoms with van der Waals surface area (Å²) in [4.78, 5) is 26.5. The van der Waals surface area contributed by atoms with Gasteiger partial charge in [-0.1, -0.05) is 19.1 Å². The SMILES string of the molecule is CCS(=O)(=O)c1nsc(NC(=O)C(C#N)=Cc2ccc(-c3cccc([N+](=O)[O-])c3)o2)n1. The van der Waals surface area contributed by atoms with E-state index in [-0.39, 0.29) is 27.9 Å². The van der Waals surface area contributed by atoms with E-state index in [1.54, 1.807) is 18.2 Å². The standard InChI is InChI=1S/C18H13N5O6S2/c1-2-31(27,28)18-21-17(30-22-18)20-16(24)12(10-19)9-14-6-7-15(29-14)11-4-3-5-13(8-11)23(25)26/h3-9H,2H2,1H3,(H,20,21,22,24). The fourth-order valence-electron chi connectivity index (χ4n) is 2.33. The molecule has 3 aromatic rings. The molecule has 0 aliphatic rings. The van der Waals surface area contributed by atoms with Gasteiger partial charge in [-0.15, -0.1) is 0 Å². The van der Waals surface area contributed by atoms with Crippen molar-refractivity contribution in [3.8, 4) is 17.4 Å². The van der Waals surface area contributed by atoms with Gasteiger partial charge >= 0.3 is 0 Å². The first kappa shape index (κ1) is 21.8. The van der Waals surface area contributed by atoms with E-state index >= 15 is 0 Å². The molecule has 1 amide bonds. The van der Waals surface area contributed by atoms with E-state index in [1.807, 2.05) is 0 Å². The molecule has 0 radical (unpaired) electrons. The lowest BCUT2D eigenvalue weighted by Crippen LogP contribution is -2.13. The molecule has 11 nitrogen and oxygen atoms in total. The van der Waals surface area contributed by atoms with Crippen molar-refractivity contribution >= 4 is 44.2 Å². The molecule has 1 aromatic carbocycles. The molecule has 0 saturated heterocycles. The highest BCUT2D eigenvalue weighted by Gasteiger charge is 2.20. The Kier molecular flexibility index (Phi) is 6.23. The molecule has 158 valence electrons. The first-order chi connectivity index (χ1) is 14.7. The minimum atomic E-state index is -3.62. The Hall–Kier alpha value is -3.89. The summed E-state index contributed by atoms with van der Waals surface area (Å²) < 4.78 is 32.8. The van der Waals surface area contributed by atoms with E-state index in [1.165, 1.54) is 37.3 Å². The molecule has 0 bridgehead atoms. The first-order valence-corrected chi connectivity index (χ1v) is 11.0. The Morgan fingerprint density at radius 2 is 2.16 bits per heavy atom. The number of rotatable bonds is 7. The zero-order valence-corrected chi connectivity index (χ0v) is 17.4. The maximum absolute atomic E-state index is 12.3. The number of anilines is 1. The van der Waals surface area contributed by atoms with Crippen molar-refractivity contribution in [3.63, 3.8) is 0 Å². The lowest BCUT2D eigenvalue weighted by molar-refractivity contribution is -0.384. The fraction of sp³-hybridized carbons (Fsp3) is 0.111. The van der Waals surface area contributed by atoms with Crippen LogP contribution < -0.4 is 5.32 Å². The second kappa shape index (κ2) is 8.86. The Morgan fingerprint density at radius 1 is 1.39 bits per heavy atom. The molecule has 0 saturated carbocycles. The molecular weight excluding hydrogens is 446 g/mol. The molecule has 0 aliphatic heterocycles. The second-order valence-electron chi connectivity index (χ2n) is 5.92. The number of non-ortho nitro benzene ring substituents is 1. The van der Waals surface area contributed by atoms with E-state index in [2.05, 4.69) is 14.7 Å². The number of hydrogen-bond acceptors (Lipinski definition) is 10. The third-order valence-electron chi connectivity index (χ3n) is 3.91. The minimum Gasteiger partial charge on any atom is -0.457 e. The molecule has 0 fully saturated rings. The maximum Gasteiger partial charge on any atom is 0.270 e. The van der Waals surface area contributed by atoms with Crippen molar-refractivity contribution < 1.29 is 22.6 Å². The Morgan fingerprint density at radius 3 is 2.84 bits per heavy atom. The number of hydrogen-bond donors (Lipinski definition) is 1. The number of furan rings is 1. The smallest absolute Gasteiger partial charge is 0.270 e. The molecule has 31 heavy (non-hydrogen) atoms. The third kappa shape index (κ3) is 5.00. The predicted octanol–water partition coefficient (Wildman–Crippen LogP) is 3.05. The van der Waals surface area contributed by atoms with Crippen LogP contribution in [0.1, 0.15) is 12.7 Å². The molecule has 2 aromatic heterocycles. The number of benzene rings is 1. The number of aromatic nitrogens is 2. The van der Waals surface area contributed by atoms with Gasteiger partial charge in [0.15, 0.2) is 0 Å². The summed E-state index contributed by atoms with van der Waals surface area (Å²) >= 11 is 0.672. The van der Waals surface area contributed by atoms with Crippen LogP contribution in [0.2, 0.25) is 0 Å². The van der Waals surface area contributed by atoms with Gasteiger partial charge in [-0.05, 0) is 12.1 Å². The van der Waals surface area contributed by atoms with Gasteiger partial charge in [0.25, 0.3) is 16.8 Å². The van der Waals surface area contributed by atoms with Crippen LogP contribution >= 0.6 is 11.5 Å². The van der Waals surface area contributed by atoms with Crippen molar-refractivity contribution in [1.82, 2.24) is 9.36 Å². The average molecular weight is 459 g/mol. The second-order valence-corrected chi connectivity index (χ2v) is 8.84. The van der Waals surface area contributed by atoms with Gasteiger partial charge < -0.3 is 4.42 Å². The zero-order valence-electron chi connectivity index (χ0n) is 15.8. The summed E-state index contributed by atoms with van der Waals surface area (Å²) in [6.07, 6.45) is 1.18.